The molecule has 6 heteroatoms. The van der Waals surface area contributed by atoms with Crippen LogP contribution in [-0.2, 0) is 19.5 Å². The molecule has 0 aliphatic carbocycles. The monoisotopic (exact) mass is 412 g/mol. The third-order valence-electron chi connectivity index (χ3n) is 5.02. The van der Waals surface area contributed by atoms with E-state index in [0.717, 1.165) is 83.1 Å². The van der Waals surface area contributed by atoms with E-state index >= 15 is 0 Å². The first-order chi connectivity index (χ1) is 14.8. The lowest BCUT2D eigenvalue weighted by Crippen LogP contribution is -2.37. The normalized spacial score (nSPS) is 11.3. The molecule has 0 amide bonds. The number of hydrogen-bond acceptors (Lipinski definition) is 6. The fourth-order valence-corrected chi connectivity index (χ4v) is 3.35. The Labute approximate surface area is 182 Å². The molecular weight excluding hydrogens is 372 g/mol. The van der Waals surface area contributed by atoms with Gasteiger partial charge in [-0.05, 0) is 63.2 Å². The Hall–Kier alpha value is -1.86. The van der Waals surface area contributed by atoms with Crippen LogP contribution in [0.2, 0.25) is 0 Å². The minimum atomic E-state index is 0.844. The first-order valence-electron chi connectivity index (χ1n) is 11.5. The van der Waals surface area contributed by atoms with E-state index in [1.54, 1.807) is 0 Å². The molecule has 0 atom stereocenters. The van der Waals surface area contributed by atoms with Gasteiger partial charge in [-0.2, -0.15) is 0 Å². The van der Waals surface area contributed by atoms with Crippen molar-refractivity contribution in [3.63, 3.8) is 0 Å². The van der Waals surface area contributed by atoms with E-state index in [9.17, 15) is 0 Å². The van der Waals surface area contributed by atoms with Gasteiger partial charge in [0, 0.05) is 51.2 Å². The molecule has 2 aromatic heterocycles. The summed E-state index contributed by atoms with van der Waals surface area (Å²) in [6, 6.07) is 12.3. The standard InChI is InChI=1S/C24H40N6/c1-3-17-30(19-16-27-21-24-11-7-10-22(4-2)29-24)18-15-25-12-8-13-26-20-23-9-5-6-14-28-23/h5-7,9-11,14,25-27H,3-4,8,12-13,15-21H2,1-2H3. The molecule has 3 N–H and O–H groups in total. The molecule has 0 unspecified atom stereocenters. The second-order valence-corrected chi connectivity index (χ2v) is 7.59. The number of pyridine rings is 2. The molecule has 0 saturated heterocycles. The molecule has 0 fully saturated rings. The largest absolute Gasteiger partial charge is 0.315 e. The van der Waals surface area contributed by atoms with Gasteiger partial charge in [0.2, 0.25) is 0 Å². The topological polar surface area (TPSA) is 65.1 Å². The van der Waals surface area contributed by atoms with Crippen LogP contribution in [0, 0.1) is 0 Å². The lowest BCUT2D eigenvalue weighted by atomic mass is 10.2. The first kappa shape index (κ1) is 24.4. The lowest BCUT2D eigenvalue weighted by Gasteiger charge is -2.22. The number of aromatic nitrogens is 2. The minimum Gasteiger partial charge on any atom is -0.315 e. The zero-order chi connectivity index (χ0) is 21.3. The Morgan fingerprint density at radius 3 is 2.20 bits per heavy atom. The second-order valence-electron chi connectivity index (χ2n) is 7.59. The van der Waals surface area contributed by atoms with Gasteiger partial charge in [0.05, 0.1) is 11.4 Å². The average molecular weight is 413 g/mol. The fourth-order valence-electron chi connectivity index (χ4n) is 3.35. The highest BCUT2D eigenvalue weighted by atomic mass is 15.1. The zero-order valence-corrected chi connectivity index (χ0v) is 18.9. The highest BCUT2D eigenvalue weighted by Crippen LogP contribution is 2.00. The van der Waals surface area contributed by atoms with E-state index in [1.807, 2.05) is 18.3 Å². The van der Waals surface area contributed by atoms with Crippen molar-refractivity contribution in [1.82, 2.24) is 30.8 Å². The van der Waals surface area contributed by atoms with Gasteiger partial charge in [0.25, 0.3) is 0 Å². The van der Waals surface area contributed by atoms with Gasteiger partial charge in [-0.15, -0.1) is 0 Å². The number of hydrogen-bond donors (Lipinski definition) is 3. The molecule has 0 saturated carbocycles. The summed E-state index contributed by atoms with van der Waals surface area (Å²) in [4.78, 5) is 11.5. The minimum absolute atomic E-state index is 0.844. The predicted molar refractivity (Wildman–Crippen MR) is 125 cm³/mol. The highest BCUT2D eigenvalue weighted by molar-refractivity contribution is 5.11. The summed E-state index contributed by atoms with van der Waals surface area (Å²) in [7, 11) is 0. The summed E-state index contributed by atoms with van der Waals surface area (Å²) in [5.74, 6) is 0. The first-order valence-corrected chi connectivity index (χ1v) is 11.5. The maximum Gasteiger partial charge on any atom is 0.0544 e. The van der Waals surface area contributed by atoms with E-state index in [-0.39, 0.29) is 0 Å². The lowest BCUT2D eigenvalue weighted by molar-refractivity contribution is 0.272. The SMILES string of the molecule is CCCN(CCNCCCNCc1ccccn1)CCNCc1cccc(CC)n1. The molecule has 2 aromatic rings. The van der Waals surface area contributed by atoms with E-state index < -0.39 is 0 Å². The molecule has 0 radical (unpaired) electrons. The van der Waals surface area contributed by atoms with Crippen molar-refractivity contribution in [2.75, 3.05) is 45.8 Å². The molecule has 30 heavy (non-hydrogen) atoms. The van der Waals surface area contributed by atoms with E-state index in [4.69, 9.17) is 0 Å². The van der Waals surface area contributed by atoms with E-state index in [0.29, 0.717) is 0 Å². The van der Waals surface area contributed by atoms with Crippen LogP contribution in [0.3, 0.4) is 0 Å². The molecule has 2 rings (SSSR count). The molecule has 2 heterocycles. The fraction of sp³-hybridized carbons (Fsp3) is 0.583. The maximum absolute atomic E-state index is 4.66. The summed E-state index contributed by atoms with van der Waals surface area (Å²) < 4.78 is 0. The Balaban J connectivity index is 1.49. The Morgan fingerprint density at radius 1 is 0.733 bits per heavy atom. The van der Waals surface area contributed by atoms with Crippen molar-refractivity contribution in [3.8, 4) is 0 Å². The van der Waals surface area contributed by atoms with Crippen LogP contribution >= 0.6 is 0 Å². The molecule has 0 aliphatic heterocycles. The highest BCUT2D eigenvalue weighted by Gasteiger charge is 2.03. The Bertz CT molecular complexity index is 664. The molecule has 0 bridgehead atoms. The van der Waals surface area contributed by atoms with Gasteiger partial charge in [-0.25, -0.2) is 0 Å². The second kappa shape index (κ2) is 15.9. The van der Waals surface area contributed by atoms with Crippen LogP contribution in [0.5, 0.6) is 0 Å². The number of nitrogens with zero attached hydrogens (tertiary/aromatic N) is 3. The number of rotatable bonds is 17. The number of nitrogens with one attached hydrogen (secondary N) is 3. The third-order valence-corrected chi connectivity index (χ3v) is 5.02. The summed E-state index contributed by atoms with van der Waals surface area (Å²) >= 11 is 0. The van der Waals surface area contributed by atoms with Crippen LogP contribution in [0.25, 0.3) is 0 Å². The molecule has 0 aromatic carbocycles. The summed E-state index contributed by atoms with van der Waals surface area (Å²) in [6.45, 7) is 13.5. The van der Waals surface area contributed by atoms with Crippen molar-refractivity contribution < 1.29 is 0 Å². The van der Waals surface area contributed by atoms with E-state index in [1.165, 1.54) is 12.1 Å². The maximum atomic E-state index is 4.66. The van der Waals surface area contributed by atoms with Gasteiger partial charge in [-0.1, -0.05) is 26.0 Å². The van der Waals surface area contributed by atoms with Crippen molar-refractivity contribution in [2.24, 2.45) is 0 Å². The van der Waals surface area contributed by atoms with Crippen molar-refractivity contribution >= 4 is 0 Å². The van der Waals surface area contributed by atoms with Crippen LogP contribution in [0.15, 0.2) is 42.6 Å². The Morgan fingerprint density at radius 2 is 1.43 bits per heavy atom. The predicted octanol–water partition coefficient (Wildman–Crippen LogP) is 2.61. The third kappa shape index (κ3) is 10.8. The van der Waals surface area contributed by atoms with Gasteiger partial charge < -0.3 is 20.9 Å². The smallest absolute Gasteiger partial charge is 0.0544 e. The molecule has 166 valence electrons. The summed E-state index contributed by atoms with van der Waals surface area (Å²) in [5.41, 5.74) is 3.40. The molecule has 0 aliphatic rings. The van der Waals surface area contributed by atoms with Crippen LogP contribution in [0.4, 0.5) is 0 Å². The molecule has 6 nitrogen and oxygen atoms in total. The summed E-state index contributed by atoms with van der Waals surface area (Å²) in [5, 5.41) is 10.6. The van der Waals surface area contributed by atoms with Gasteiger partial charge in [-0.3, -0.25) is 9.97 Å². The van der Waals surface area contributed by atoms with Crippen molar-refractivity contribution in [2.45, 2.75) is 46.2 Å². The van der Waals surface area contributed by atoms with Crippen molar-refractivity contribution in [3.05, 3.63) is 59.7 Å². The van der Waals surface area contributed by atoms with E-state index in [2.05, 4.69) is 68.9 Å². The van der Waals surface area contributed by atoms with Crippen LogP contribution in [-0.4, -0.2) is 60.7 Å². The quantitative estimate of drug-likeness (QED) is 0.347. The summed E-state index contributed by atoms with van der Waals surface area (Å²) in [6.07, 6.45) is 5.16. The average Bonchev–Trinajstić information content (AvgIpc) is 2.79. The number of aryl methyl sites for hydroxylation is 1. The van der Waals surface area contributed by atoms with Crippen LogP contribution < -0.4 is 16.0 Å². The Kier molecular flexibility index (Phi) is 12.9. The van der Waals surface area contributed by atoms with Crippen molar-refractivity contribution in [1.29, 1.82) is 0 Å². The molecular formula is C24H40N6. The van der Waals surface area contributed by atoms with Gasteiger partial charge in [0.1, 0.15) is 0 Å². The molecule has 0 spiro atoms. The zero-order valence-electron chi connectivity index (χ0n) is 18.9. The van der Waals surface area contributed by atoms with Crippen LogP contribution in [0.1, 0.15) is 43.8 Å². The van der Waals surface area contributed by atoms with Gasteiger partial charge in [0.15, 0.2) is 0 Å². The van der Waals surface area contributed by atoms with Gasteiger partial charge >= 0.3 is 0 Å².